The van der Waals surface area contributed by atoms with Crippen molar-refractivity contribution in [3.8, 4) is 0 Å². The summed E-state index contributed by atoms with van der Waals surface area (Å²) in [7, 11) is 0. The van der Waals surface area contributed by atoms with E-state index in [4.69, 9.17) is 3.83 Å². The van der Waals surface area contributed by atoms with Gasteiger partial charge in [-0.1, -0.05) is 0 Å². The van der Waals surface area contributed by atoms with E-state index in [2.05, 4.69) is 0 Å². The molecule has 0 unspecified atom stereocenters. The van der Waals surface area contributed by atoms with Crippen LogP contribution in [0, 0.1) is 35.6 Å². The van der Waals surface area contributed by atoms with E-state index in [0.717, 1.165) is 0 Å². The summed E-state index contributed by atoms with van der Waals surface area (Å²) in [5.41, 5.74) is 0. The van der Waals surface area contributed by atoms with Gasteiger partial charge < -0.3 is 2.85 Å². The molecule has 0 atom stereocenters. The van der Waals surface area contributed by atoms with Crippen molar-refractivity contribution in [2.24, 2.45) is 0 Å². The van der Waals surface area contributed by atoms with Crippen LogP contribution in [-0.4, -0.2) is 48.9 Å². The standard InChI is InChI=1S/Ba.La.Mn.O.2H/q+2;;;;2*-1. The van der Waals surface area contributed by atoms with Gasteiger partial charge in [0.2, 0.25) is 0 Å². The van der Waals surface area contributed by atoms with Crippen molar-refractivity contribution in [2.45, 2.75) is 0 Å². The fraction of sp³-hybridized carbons (Fsp3) is 0. The summed E-state index contributed by atoms with van der Waals surface area (Å²) in [6.45, 7) is 0. The quantitative estimate of drug-likeness (QED) is 0.550. The summed E-state index contributed by atoms with van der Waals surface area (Å²) in [4.78, 5) is 0. The molecule has 0 aromatic heterocycles. The van der Waals surface area contributed by atoms with E-state index in [1.54, 1.807) is 15.9 Å². The van der Waals surface area contributed by atoms with Crippen LogP contribution in [0.3, 0.4) is 0 Å². The normalized spacial score (nSPS) is 1.00. The topological polar surface area (TPSA) is 17.1 Å². The second kappa shape index (κ2) is 16.5. The molecule has 0 N–H and O–H groups in total. The van der Waals surface area contributed by atoms with Gasteiger partial charge in [0, 0.05) is 35.6 Å². The zero-order valence-electron chi connectivity index (χ0n) is 4.07. The molecule has 20 valence electrons. The average Bonchev–Trinajstić information content (AvgIpc) is 1.00. The summed E-state index contributed by atoms with van der Waals surface area (Å²) in [6, 6.07) is 0. The third-order valence-electron chi connectivity index (χ3n) is 0. The van der Waals surface area contributed by atoms with Crippen molar-refractivity contribution in [3.63, 3.8) is 0 Å². The third-order valence-corrected chi connectivity index (χ3v) is 0. The van der Waals surface area contributed by atoms with Crippen LogP contribution in [0.5, 0.6) is 0 Å². The number of rotatable bonds is 0. The summed E-state index contributed by atoms with van der Waals surface area (Å²) in [5, 5.41) is 0. The van der Waals surface area contributed by atoms with E-state index in [-0.39, 0.29) is 87.3 Å². The second-order valence-corrected chi connectivity index (χ2v) is 0. The summed E-state index contributed by atoms with van der Waals surface area (Å²) < 4.78 is 8.06. The zero-order chi connectivity index (χ0) is 2.00. The molecule has 0 amide bonds. The summed E-state index contributed by atoms with van der Waals surface area (Å²) in [6.07, 6.45) is 0. The fourth-order valence-corrected chi connectivity index (χ4v) is 0. The van der Waals surface area contributed by atoms with Crippen LogP contribution in [0.1, 0.15) is 2.85 Å². The van der Waals surface area contributed by atoms with Gasteiger partial charge in [-0.3, -0.25) is 0 Å². The van der Waals surface area contributed by atoms with Crippen LogP contribution in [0.2, 0.25) is 0 Å². The Kier molecular flexibility index (Phi) is 65.0. The number of hydrogen-bond acceptors (Lipinski definition) is 1. The molecule has 0 rings (SSSR count). The first-order valence-electron chi connectivity index (χ1n) is 0.154. The molecule has 0 heterocycles. The Labute approximate surface area is 104 Å². The first-order chi connectivity index (χ1) is 1.00. The predicted molar refractivity (Wildman–Crippen MR) is 8.66 cm³/mol. The van der Waals surface area contributed by atoms with Crippen LogP contribution in [0.25, 0.3) is 0 Å². The van der Waals surface area contributed by atoms with E-state index in [1.807, 2.05) is 0 Å². The minimum atomic E-state index is 0. The Morgan fingerprint density at radius 1 is 1.50 bits per heavy atom. The summed E-state index contributed by atoms with van der Waals surface area (Å²) in [5.74, 6) is 0. The van der Waals surface area contributed by atoms with Gasteiger partial charge in [-0.25, -0.2) is 0 Å². The van der Waals surface area contributed by atoms with Crippen molar-refractivity contribution >= 4 is 48.9 Å². The Hall–Kier alpha value is 3.09. The van der Waals surface area contributed by atoms with Crippen LogP contribution in [-0.2, 0) is 19.8 Å². The van der Waals surface area contributed by atoms with Gasteiger partial charge in [0.25, 0.3) is 0 Å². The Morgan fingerprint density at radius 3 is 1.50 bits per heavy atom. The molecule has 0 saturated heterocycles. The van der Waals surface area contributed by atoms with E-state index in [0.29, 0.717) is 0 Å². The molecule has 1 nitrogen and oxygen atoms in total. The molecule has 0 saturated carbocycles. The molecule has 4 heteroatoms. The Bertz CT molecular complexity index is 13.5. The molecular weight excluding hydrogens is 347 g/mol. The fourth-order valence-electron chi connectivity index (χ4n) is 0. The van der Waals surface area contributed by atoms with Gasteiger partial charge >= 0.3 is 68.7 Å². The Balaban J connectivity index is -0.000000000833. The van der Waals surface area contributed by atoms with Crippen molar-refractivity contribution in [1.82, 2.24) is 0 Å². The van der Waals surface area contributed by atoms with Crippen molar-refractivity contribution in [3.05, 3.63) is 0 Å². The van der Waals surface area contributed by atoms with E-state index in [9.17, 15) is 0 Å². The van der Waals surface area contributed by atoms with Crippen molar-refractivity contribution < 1.29 is 58.2 Å². The first-order valence-corrected chi connectivity index (χ1v) is 0.636. The molecule has 0 aromatic rings. The van der Waals surface area contributed by atoms with Gasteiger partial charge in [0.05, 0.1) is 0 Å². The van der Waals surface area contributed by atoms with Gasteiger partial charge in [-0.15, -0.1) is 0 Å². The van der Waals surface area contributed by atoms with Crippen LogP contribution in [0.4, 0.5) is 0 Å². The maximum atomic E-state index is 8.06. The average molecular weight is 349 g/mol. The molecule has 1 radical (unpaired) electrons. The molecule has 0 aliphatic heterocycles. The molecule has 0 bridgehead atoms. The van der Waals surface area contributed by atoms with Gasteiger partial charge in [0.1, 0.15) is 0 Å². The molecular formula is H2BaLaMnO. The molecule has 0 fully saturated rings. The molecule has 0 aliphatic carbocycles. The van der Waals surface area contributed by atoms with Gasteiger partial charge in [0.15, 0.2) is 0 Å². The van der Waals surface area contributed by atoms with Crippen LogP contribution < -0.4 is 0 Å². The third kappa shape index (κ3) is 8.92. The van der Waals surface area contributed by atoms with Crippen LogP contribution >= 0.6 is 0 Å². The first kappa shape index (κ1) is 15.7. The minimum absolute atomic E-state index is 0. The predicted octanol–water partition coefficient (Wildman–Crippen LogP) is -0.277. The van der Waals surface area contributed by atoms with Crippen LogP contribution in [0.15, 0.2) is 0 Å². The molecule has 0 spiro atoms. The van der Waals surface area contributed by atoms with E-state index < -0.39 is 0 Å². The maximum absolute atomic E-state index is 8.06. The van der Waals surface area contributed by atoms with Gasteiger partial charge in [-0.05, 0) is 0 Å². The van der Waals surface area contributed by atoms with Crippen molar-refractivity contribution in [1.29, 1.82) is 0 Å². The van der Waals surface area contributed by atoms with E-state index >= 15 is 0 Å². The molecule has 0 aliphatic rings. The molecule has 0 aromatic carbocycles. The zero-order valence-corrected chi connectivity index (χ0v) is 11.3. The number of hydrogen-bond donors (Lipinski definition) is 0. The van der Waals surface area contributed by atoms with Gasteiger partial charge in [-0.2, -0.15) is 0 Å². The molecule has 4 heavy (non-hydrogen) atoms. The van der Waals surface area contributed by atoms with Crippen molar-refractivity contribution in [2.75, 3.05) is 0 Å². The summed E-state index contributed by atoms with van der Waals surface area (Å²) >= 11 is 1.69. The SMILES string of the molecule is [Ba+2].[H-].[H-].[La].[O]=[Mn]. The van der Waals surface area contributed by atoms with E-state index in [1.165, 1.54) is 0 Å². The Morgan fingerprint density at radius 2 is 1.50 bits per heavy atom. The second-order valence-electron chi connectivity index (χ2n) is 0. The monoisotopic (exact) mass is 350 g/mol.